The van der Waals surface area contributed by atoms with Crippen LogP contribution in [0.4, 0.5) is 4.79 Å². The van der Waals surface area contributed by atoms with Gasteiger partial charge in [-0.3, -0.25) is 4.79 Å². The van der Waals surface area contributed by atoms with E-state index < -0.39 is 30.8 Å². The van der Waals surface area contributed by atoms with Gasteiger partial charge in [0.1, 0.15) is 11.6 Å². The average Bonchev–Trinajstić information content (AvgIpc) is 2.81. The highest BCUT2D eigenvalue weighted by atomic mass is 16.6. The highest BCUT2D eigenvalue weighted by Gasteiger charge is 2.40. The van der Waals surface area contributed by atoms with Crippen molar-refractivity contribution in [2.75, 3.05) is 6.54 Å². The summed E-state index contributed by atoms with van der Waals surface area (Å²) in [5, 5.41) is 21.3. The number of rotatable bonds is 4. The second-order valence-electron chi connectivity index (χ2n) is 7.02. The first-order chi connectivity index (χ1) is 10.0. The Morgan fingerprint density at radius 1 is 1.32 bits per heavy atom. The maximum Gasteiger partial charge on any atom is 0.475 e. The van der Waals surface area contributed by atoms with Crippen molar-refractivity contribution in [3.05, 3.63) is 0 Å². The molecule has 2 amide bonds. The number of amides is 2. The summed E-state index contributed by atoms with van der Waals surface area (Å²) in [6.45, 7) is 9.34. The van der Waals surface area contributed by atoms with Gasteiger partial charge in [0.15, 0.2) is 0 Å². The molecule has 0 spiro atoms. The molecule has 7 nitrogen and oxygen atoms in total. The Morgan fingerprint density at radius 3 is 2.36 bits per heavy atom. The van der Waals surface area contributed by atoms with Crippen molar-refractivity contribution in [3.63, 3.8) is 0 Å². The predicted molar refractivity (Wildman–Crippen MR) is 82.9 cm³/mol. The van der Waals surface area contributed by atoms with Crippen LogP contribution in [-0.2, 0) is 9.53 Å². The van der Waals surface area contributed by atoms with Gasteiger partial charge in [-0.05, 0) is 39.5 Å². The van der Waals surface area contributed by atoms with E-state index in [0.717, 1.165) is 0 Å². The fourth-order valence-electron chi connectivity index (χ4n) is 2.50. The van der Waals surface area contributed by atoms with Gasteiger partial charge < -0.3 is 25.0 Å². The molecule has 1 fully saturated rings. The fourth-order valence-corrected chi connectivity index (χ4v) is 2.50. The van der Waals surface area contributed by atoms with Crippen LogP contribution < -0.4 is 5.32 Å². The molecule has 22 heavy (non-hydrogen) atoms. The molecule has 0 aromatic rings. The monoisotopic (exact) mass is 314 g/mol. The molecule has 8 heteroatoms. The zero-order chi connectivity index (χ0) is 17.1. The van der Waals surface area contributed by atoms with Gasteiger partial charge in [-0.25, -0.2) is 4.79 Å². The molecule has 126 valence electrons. The van der Waals surface area contributed by atoms with E-state index in [1.807, 2.05) is 13.8 Å². The molecule has 0 radical (unpaired) electrons. The van der Waals surface area contributed by atoms with Gasteiger partial charge in [-0.15, -0.1) is 0 Å². The third-order valence-corrected chi connectivity index (χ3v) is 3.53. The summed E-state index contributed by atoms with van der Waals surface area (Å²) in [6, 6.07) is -0.755. The van der Waals surface area contributed by atoms with Crippen LogP contribution in [0.25, 0.3) is 0 Å². The van der Waals surface area contributed by atoms with Crippen molar-refractivity contribution in [2.24, 2.45) is 5.92 Å². The highest BCUT2D eigenvalue weighted by molar-refractivity contribution is 6.43. The smallest absolute Gasteiger partial charge is 0.444 e. The van der Waals surface area contributed by atoms with E-state index in [0.29, 0.717) is 19.4 Å². The molecule has 1 saturated heterocycles. The fraction of sp³-hybridized carbons (Fsp3) is 0.857. The normalized spacial score (nSPS) is 20.0. The zero-order valence-corrected chi connectivity index (χ0v) is 14.0. The van der Waals surface area contributed by atoms with E-state index >= 15 is 0 Å². The van der Waals surface area contributed by atoms with E-state index in [-0.39, 0.29) is 11.8 Å². The molecule has 1 rings (SSSR count). The van der Waals surface area contributed by atoms with Crippen molar-refractivity contribution < 1.29 is 24.4 Å². The number of hydrogen-bond acceptors (Lipinski definition) is 5. The van der Waals surface area contributed by atoms with Gasteiger partial charge in [0.2, 0.25) is 5.91 Å². The lowest BCUT2D eigenvalue weighted by molar-refractivity contribution is -0.134. The number of ether oxygens (including phenoxy) is 1. The van der Waals surface area contributed by atoms with Gasteiger partial charge in [-0.2, -0.15) is 0 Å². The zero-order valence-electron chi connectivity index (χ0n) is 14.0. The largest absolute Gasteiger partial charge is 0.475 e. The third-order valence-electron chi connectivity index (χ3n) is 3.53. The average molecular weight is 314 g/mol. The highest BCUT2D eigenvalue weighted by Crippen LogP contribution is 2.21. The first-order valence-corrected chi connectivity index (χ1v) is 7.69. The molecule has 1 unspecified atom stereocenters. The second kappa shape index (κ2) is 7.33. The number of hydrogen-bond donors (Lipinski definition) is 3. The van der Waals surface area contributed by atoms with Gasteiger partial charge in [0, 0.05) is 6.54 Å². The number of likely N-dealkylation sites (tertiary alicyclic amines) is 1. The van der Waals surface area contributed by atoms with Crippen LogP contribution in [0.5, 0.6) is 0 Å². The van der Waals surface area contributed by atoms with Crippen molar-refractivity contribution in [3.8, 4) is 0 Å². The number of carbonyl (C=O) groups is 2. The molecule has 3 N–H and O–H groups in total. The molecule has 1 aliphatic heterocycles. The Morgan fingerprint density at radius 2 is 1.91 bits per heavy atom. The van der Waals surface area contributed by atoms with Crippen LogP contribution in [0.2, 0.25) is 0 Å². The minimum atomic E-state index is -1.57. The first kappa shape index (κ1) is 18.8. The van der Waals surface area contributed by atoms with Crippen LogP contribution in [0.3, 0.4) is 0 Å². The van der Waals surface area contributed by atoms with Crippen LogP contribution in [-0.4, -0.2) is 58.2 Å². The number of nitrogens with zero attached hydrogens (tertiary/aromatic N) is 1. The Hall–Kier alpha value is -1.28. The maximum absolute atomic E-state index is 12.6. The molecule has 1 heterocycles. The first-order valence-electron chi connectivity index (χ1n) is 7.69. The standard InChI is InChI=1S/C14H27BN2O5/c1-9(2)11(16-13(19)22-14(3,4)5)12(18)17-8-6-7-10(17)15(20)21/h9-11,20-21H,6-8H2,1-5H3,(H,16,19)/t10?,11-/m0/s1. The van der Waals surface area contributed by atoms with Crippen molar-refractivity contribution in [1.29, 1.82) is 0 Å². The van der Waals surface area contributed by atoms with Gasteiger partial charge in [0.25, 0.3) is 0 Å². The minimum absolute atomic E-state index is 0.142. The molecule has 0 aromatic heterocycles. The second-order valence-corrected chi connectivity index (χ2v) is 7.02. The molecule has 1 aliphatic rings. The summed E-state index contributed by atoms with van der Waals surface area (Å²) in [6.07, 6.45) is 0.603. The predicted octanol–water partition coefficient (Wildman–Crippen LogP) is 0.539. The molecule has 0 aromatic carbocycles. The molecular formula is C14H27BN2O5. The van der Waals surface area contributed by atoms with E-state index in [1.165, 1.54) is 4.90 Å². The number of alkyl carbamates (subject to hydrolysis) is 1. The maximum atomic E-state index is 12.6. The third kappa shape index (κ3) is 5.17. The van der Waals surface area contributed by atoms with Crippen LogP contribution >= 0.6 is 0 Å². The summed E-state index contributed by atoms with van der Waals surface area (Å²) in [4.78, 5) is 26.0. The molecule has 0 bridgehead atoms. The Balaban J connectivity index is 2.78. The molecule has 0 aliphatic carbocycles. The lowest BCUT2D eigenvalue weighted by atomic mass is 9.77. The summed E-state index contributed by atoms with van der Waals surface area (Å²) in [5.41, 5.74) is -0.647. The van der Waals surface area contributed by atoms with E-state index in [2.05, 4.69) is 5.32 Å². The summed E-state index contributed by atoms with van der Waals surface area (Å²) in [7, 11) is -1.57. The number of carbonyl (C=O) groups excluding carboxylic acids is 2. The topological polar surface area (TPSA) is 99.1 Å². The van der Waals surface area contributed by atoms with Crippen molar-refractivity contribution in [1.82, 2.24) is 10.2 Å². The molecular weight excluding hydrogens is 287 g/mol. The van der Waals surface area contributed by atoms with Crippen molar-refractivity contribution in [2.45, 2.75) is 65.0 Å². The Labute approximate surface area is 132 Å². The Kier molecular flexibility index (Phi) is 6.25. The van der Waals surface area contributed by atoms with Crippen LogP contribution in [0.15, 0.2) is 0 Å². The lowest BCUT2D eigenvalue weighted by Crippen LogP contribution is -2.55. The van der Waals surface area contributed by atoms with Crippen LogP contribution in [0.1, 0.15) is 47.5 Å². The van der Waals surface area contributed by atoms with E-state index in [4.69, 9.17) is 4.74 Å². The lowest BCUT2D eigenvalue weighted by Gasteiger charge is -2.31. The summed E-state index contributed by atoms with van der Waals surface area (Å²) >= 11 is 0. The quantitative estimate of drug-likeness (QED) is 0.658. The van der Waals surface area contributed by atoms with E-state index in [1.54, 1.807) is 20.8 Å². The SMILES string of the molecule is CC(C)[C@H](NC(=O)OC(C)(C)C)C(=O)N1CCCC1B(O)O. The molecule has 2 atom stereocenters. The van der Waals surface area contributed by atoms with Crippen LogP contribution in [0, 0.1) is 5.92 Å². The number of nitrogens with one attached hydrogen (secondary N) is 1. The van der Waals surface area contributed by atoms with Crippen molar-refractivity contribution >= 4 is 19.1 Å². The summed E-state index contributed by atoms with van der Waals surface area (Å²) in [5.74, 6) is -1.07. The Bertz CT molecular complexity index is 409. The summed E-state index contributed by atoms with van der Waals surface area (Å²) < 4.78 is 5.19. The van der Waals surface area contributed by atoms with Gasteiger partial charge in [-0.1, -0.05) is 13.8 Å². The van der Waals surface area contributed by atoms with Gasteiger partial charge in [0.05, 0.1) is 5.94 Å². The van der Waals surface area contributed by atoms with E-state index in [9.17, 15) is 19.6 Å². The minimum Gasteiger partial charge on any atom is -0.444 e. The van der Waals surface area contributed by atoms with Gasteiger partial charge >= 0.3 is 13.2 Å². The molecule has 0 saturated carbocycles.